The molecule has 20 heteroatoms. The van der Waals surface area contributed by atoms with E-state index in [0.29, 0.717) is 51.9 Å². The summed E-state index contributed by atoms with van der Waals surface area (Å²) in [5.74, 6) is 24.9. The van der Waals surface area contributed by atoms with Crippen molar-refractivity contribution in [1.29, 1.82) is 0 Å². The minimum atomic E-state index is -4.42. The maximum atomic E-state index is 12.8. The van der Waals surface area contributed by atoms with Gasteiger partial charge in [-0.2, -0.15) is 13.2 Å². The number of ether oxygens (including phenoxy) is 1. The SMILES string of the molecule is CC(=O)C(=O)Nc1ccc(C#Cc2cc(C)cc(C(F)(F)F)c2)cc1.CC(=O)C(=O)Nc1ccc(C#Cc2ccc(C)cc2)cc1.CC(=O)C(=O)Nc1ccc(C#Cc2ccc(OCc3ccccc3)cc2)cc1.CC(=O)C(=O)Nc1ccc(C#Cc2ccc3ccccc3c2)cc1.[C-]#[N+]c1ccc(C#Cc2ccc(NC(=O)C(C)=O)cc2)cc1. The quantitative estimate of drug-likeness (QED) is 0.0413. The lowest BCUT2D eigenvalue weighted by atomic mass is 10.1. The van der Waals surface area contributed by atoms with Crippen molar-refractivity contribution in [1.82, 2.24) is 0 Å². The van der Waals surface area contributed by atoms with Crippen molar-refractivity contribution in [3.8, 4) is 65.0 Å². The van der Waals surface area contributed by atoms with E-state index in [0.717, 1.165) is 80.3 Å². The minimum Gasteiger partial charge on any atom is -0.489 e. The average Bonchev–Trinajstić information content (AvgIpc) is 0.837. The first-order valence-electron chi connectivity index (χ1n) is 36.7. The van der Waals surface area contributed by atoms with Crippen LogP contribution in [-0.4, -0.2) is 58.5 Å². The number of halogens is 3. The average molecular weight is 1590 g/mol. The zero-order valence-electron chi connectivity index (χ0n) is 65.9. The van der Waals surface area contributed by atoms with Crippen molar-refractivity contribution < 1.29 is 65.9 Å². The fraction of sp³-hybridized carbons (Fsp3) is 0.0900. The van der Waals surface area contributed by atoms with Crippen molar-refractivity contribution in [3.05, 3.63) is 374 Å². The third-order valence-electron chi connectivity index (χ3n) is 16.4. The number of hydrogen-bond donors (Lipinski definition) is 5. The molecule has 12 aromatic carbocycles. The molecule has 5 amide bonds. The summed E-state index contributed by atoms with van der Waals surface area (Å²) in [6.45, 7) is 17.1. The predicted octanol–water partition coefficient (Wildman–Crippen LogP) is 18.0. The second-order valence-corrected chi connectivity index (χ2v) is 26.2. The van der Waals surface area contributed by atoms with Gasteiger partial charge in [-0.05, 0) is 224 Å². The maximum absolute atomic E-state index is 12.8. The molecule has 0 saturated heterocycles. The fourth-order valence-electron chi connectivity index (χ4n) is 9.92. The molecule has 5 N–H and O–H groups in total. The molecule has 12 rings (SSSR count). The monoisotopic (exact) mass is 1590 g/mol. The van der Waals surface area contributed by atoms with Crippen molar-refractivity contribution in [2.24, 2.45) is 0 Å². The molecule has 120 heavy (non-hydrogen) atoms. The Morgan fingerprint density at radius 1 is 0.308 bits per heavy atom. The molecule has 0 atom stereocenters. The first kappa shape index (κ1) is 89.0. The Kier molecular flexibility index (Phi) is 33.2. The highest BCUT2D eigenvalue weighted by molar-refractivity contribution is 6.41. The number of alkyl halides is 3. The minimum absolute atomic E-state index is 0.265. The fourth-order valence-corrected chi connectivity index (χ4v) is 9.92. The normalized spacial score (nSPS) is 9.78. The van der Waals surface area contributed by atoms with Gasteiger partial charge in [-0.1, -0.05) is 162 Å². The highest BCUT2D eigenvalue weighted by Gasteiger charge is 2.31. The Morgan fingerprint density at radius 2 is 0.592 bits per heavy atom. The number of ketones is 5. The van der Waals surface area contributed by atoms with Gasteiger partial charge in [-0.15, -0.1) is 0 Å². The zero-order chi connectivity index (χ0) is 86.5. The molecule has 0 aromatic heterocycles. The lowest BCUT2D eigenvalue weighted by Gasteiger charge is -2.08. The number of benzene rings is 12. The van der Waals surface area contributed by atoms with E-state index in [9.17, 15) is 61.1 Å². The number of carbonyl (C=O) groups is 10. The van der Waals surface area contributed by atoms with Gasteiger partial charge in [0.2, 0.25) is 28.9 Å². The number of aryl methyl sites for hydroxylation is 2. The summed E-state index contributed by atoms with van der Waals surface area (Å²) >= 11 is 0. The lowest BCUT2D eigenvalue weighted by molar-refractivity contribution is -0.137. The van der Waals surface area contributed by atoms with Gasteiger partial charge in [0.15, 0.2) is 5.69 Å². The zero-order valence-corrected chi connectivity index (χ0v) is 65.9. The lowest BCUT2D eigenvalue weighted by Crippen LogP contribution is -2.19. The summed E-state index contributed by atoms with van der Waals surface area (Å²) in [7, 11) is 0. The Labute approximate surface area is 692 Å². The smallest absolute Gasteiger partial charge is 0.416 e. The molecule has 0 saturated carbocycles. The molecule has 0 aliphatic heterocycles. The van der Waals surface area contributed by atoms with E-state index >= 15 is 0 Å². The van der Waals surface area contributed by atoms with Gasteiger partial charge in [-0.25, -0.2) is 4.85 Å². The molecular weight excluding hydrogens is 1520 g/mol. The number of anilines is 5. The molecule has 12 aromatic rings. The molecule has 592 valence electrons. The molecule has 0 spiro atoms. The van der Waals surface area contributed by atoms with Crippen LogP contribution in [0, 0.1) is 79.6 Å². The molecule has 0 bridgehead atoms. The van der Waals surface area contributed by atoms with Crippen LogP contribution >= 0.6 is 0 Å². The number of nitrogens with zero attached hydrogens (tertiary/aromatic N) is 1. The van der Waals surface area contributed by atoms with E-state index in [2.05, 4.69) is 115 Å². The van der Waals surface area contributed by atoms with E-state index in [1.165, 1.54) is 38.6 Å². The molecule has 0 heterocycles. The van der Waals surface area contributed by atoms with E-state index in [1.54, 1.807) is 146 Å². The van der Waals surface area contributed by atoms with Crippen LogP contribution in [0.1, 0.15) is 113 Å². The highest BCUT2D eigenvalue weighted by Crippen LogP contribution is 2.31. The van der Waals surface area contributed by atoms with Gasteiger partial charge in [0.05, 0.1) is 12.1 Å². The van der Waals surface area contributed by atoms with Crippen LogP contribution in [0.4, 0.5) is 47.3 Å². The number of amides is 5. The van der Waals surface area contributed by atoms with Gasteiger partial charge < -0.3 is 31.3 Å². The van der Waals surface area contributed by atoms with Crippen LogP contribution < -0.4 is 31.3 Å². The van der Waals surface area contributed by atoms with Crippen molar-refractivity contribution in [3.63, 3.8) is 0 Å². The summed E-state index contributed by atoms with van der Waals surface area (Å²) in [6, 6.07) is 84.9. The Hall–Kier alpha value is -16.5. The highest BCUT2D eigenvalue weighted by atomic mass is 19.4. The van der Waals surface area contributed by atoms with E-state index < -0.39 is 70.2 Å². The Bertz CT molecular complexity index is 6150. The molecular formula is C100H75F3N6O11. The van der Waals surface area contributed by atoms with Crippen LogP contribution in [-0.2, 0) is 60.7 Å². The van der Waals surface area contributed by atoms with Crippen molar-refractivity contribution in [2.45, 2.75) is 61.2 Å². The third-order valence-corrected chi connectivity index (χ3v) is 16.4. The topological polar surface area (TPSA) is 244 Å². The standard InChI is InChI=1S/C24H19NO3.C21H15NO2.C19H14F3NO2.C18H12N2O2.C18H15NO2/c1-18(26)24(27)25-22-13-9-19(10-14-22)7-8-20-11-15-23(16-12-20)28-17-21-5-3-2-4-6-21;1-15(23)21(24)22-20-12-9-16(10-13-20)6-7-17-8-11-18-4-2-3-5-19(18)14-17;1-12-9-15(11-16(10-12)19(20,21)22)4-3-14-5-7-17(8-6-14)23-18(25)13(2)24;1-13(21)18(22)20-17-11-7-15(8-12-17)4-3-14-5-9-16(19-2)10-6-14;1-13-3-5-15(6-4-13)7-8-16-9-11-17(12-10-16)19-18(21)14(2)20/h2-6,9-16H,17H2,1H3,(H,25,27);2-5,8-14H,1H3,(H,22,24);5-11H,1-2H3,(H,23,25);5-12H,1H3,(H,20,22);3-6,9-12H,1-2H3,(H,19,21). The second-order valence-electron chi connectivity index (χ2n) is 26.2. The Morgan fingerprint density at radius 3 is 0.917 bits per heavy atom. The number of nitrogens with one attached hydrogen (secondary N) is 5. The Balaban J connectivity index is 0.000000187. The van der Waals surface area contributed by atoms with Crippen LogP contribution in [0.2, 0.25) is 0 Å². The molecule has 0 aliphatic rings. The van der Waals surface area contributed by atoms with Crippen molar-refractivity contribution in [2.75, 3.05) is 26.6 Å². The number of Topliss-reactive ketones (excluding diaryl/α,β-unsaturated/α-hetero) is 5. The molecule has 0 unspecified atom stereocenters. The largest absolute Gasteiger partial charge is 0.489 e. The van der Waals surface area contributed by atoms with Crippen LogP contribution in [0.3, 0.4) is 0 Å². The summed E-state index contributed by atoms with van der Waals surface area (Å²) in [5, 5.41) is 14.8. The predicted molar refractivity (Wildman–Crippen MR) is 460 cm³/mol. The number of rotatable bonds is 13. The van der Waals surface area contributed by atoms with E-state index in [1.807, 2.05) is 116 Å². The van der Waals surface area contributed by atoms with Gasteiger partial charge in [-0.3, -0.25) is 47.9 Å². The number of fused-ring (bicyclic) bond motifs is 1. The van der Waals surface area contributed by atoms with Gasteiger partial charge >= 0.3 is 6.18 Å². The number of carbonyl (C=O) groups excluding carboxylic acids is 10. The third kappa shape index (κ3) is 31.1. The summed E-state index contributed by atoms with van der Waals surface area (Å²) in [5.41, 5.74) is 13.0. The summed E-state index contributed by atoms with van der Waals surface area (Å²) < 4.78 is 44.2. The molecule has 0 aliphatic carbocycles. The summed E-state index contributed by atoms with van der Waals surface area (Å²) in [4.78, 5) is 114. The number of hydrogen-bond acceptors (Lipinski definition) is 11. The van der Waals surface area contributed by atoms with Crippen molar-refractivity contribution >= 4 is 103 Å². The van der Waals surface area contributed by atoms with Gasteiger partial charge in [0.25, 0.3) is 29.5 Å². The first-order chi connectivity index (χ1) is 57.5. The molecule has 0 fully saturated rings. The van der Waals surface area contributed by atoms with Crippen LogP contribution in [0.5, 0.6) is 5.75 Å². The summed E-state index contributed by atoms with van der Waals surface area (Å²) in [6.07, 6.45) is -4.42. The van der Waals surface area contributed by atoms with Crippen LogP contribution in [0.25, 0.3) is 15.6 Å². The molecule has 0 radical (unpaired) electrons. The van der Waals surface area contributed by atoms with E-state index in [-0.39, 0.29) is 5.56 Å². The van der Waals surface area contributed by atoms with Gasteiger partial charge in [0.1, 0.15) is 12.4 Å². The maximum Gasteiger partial charge on any atom is 0.416 e. The van der Waals surface area contributed by atoms with Crippen LogP contribution in [0.15, 0.2) is 285 Å². The molecule has 17 nitrogen and oxygen atoms in total. The van der Waals surface area contributed by atoms with Gasteiger partial charge in [0, 0.05) is 119 Å². The van der Waals surface area contributed by atoms with E-state index in [4.69, 9.17) is 11.3 Å². The second kappa shape index (κ2) is 44.8. The first-order valence-corrected chi connectivity index (χ1v) is 36.7.